The van der Waals surface area contributed by atoms with Gasteiger partial charge in [0.15, 0.2) is 6.10 Å². The molecule has 0 radical (unpaired) electrons. The Bertz CT molecular complexity index is 243. The normalized spacial score (nSPS) is 13.9. The van der Waals surface area contributed by atoms with Crippen molar-refractivity contribution in [2.45, 2.75) is 96.2 Å². The predicted molar refractivity (Wildman–Crippen MR) is 85.1 cm³/mol. The zero-order valence-electron chi connectivity index (χ0n) is 13.9. The van der Waals surface area contributed by atoms with E-state index in [1.54, 1.807) is 0 Å². The molecule has 4 heteroatoms. The first-order chi connectivity index (χ1) is 10.1. The number of carbonyl (C=O) groups is 1. The molecule has 0 saturated carbocycles. The summed E-state index contributed by atoms with van der Waals surface area (Å²) in [7, 11) is 1.21. The number of carbonyl (C=O) groups excluding carboxylic acids is 1. The first-order valence-electron chi connectivity index (χ1n) is 8.57. The number of unbranched alkanes of at least 4 members (excludes halogenated alkanes) is 10. The van der Waals surface area contributed by atoms with E-state index in [9.17, 15) is 15.0 Å². The Balaban J connectivity index is 3.30. The third kappa shape index (κ3) is 11.7. The number of hydrogen-bond donors (Lipinski definition) is 2. The van der Waals surface area contributed by atoms with Gasteiger partial charge in [-0.2, -0.15) is 0 Å². The minimum atomic E-state index is -1.40. The van der Waals surface area contributed by atoms with Crippen LogP contribution < -0.4 is 0 Å². The van der Waals surface area contributed by atoms with Crippen molar-refractivity contribution in [3.8, 4) is 0 Å². The van der Waals surface area contributed by atoms with Gasteiger partial charge in [-0.05, 0) is 6.42 Å². The van der Waals surface area contributed by atoms with Gasteiger partial charge in [0, 0.05) is 0 Å². The molecule has 0 heterocycles. The van der Waals surface area contributed by atoms with Gasteiger partial charge in [-0.3, -0.25) is 0 Å². The summed E-state index contributed by atoms with van der Waals surface area (Å²) in [6, 6.07) is 0. The Morgan fingerprint density at radius 1 is 0.857 bits per heavy atom. The van der Waals surface area contributed by atoms with Crippen molar-refractivity contribution in [3.63, 3.8) is 0 Å². The molecule has 21 heavy (non-hydrogen) atoms. The van der Waals surface area contributed by atoms with Crippen molar-refractivity contribution in [2.24, 2.45) is 0 Å². The van der Waals surface area contributed by atoms with Gasteiger partial charge in [-0.1, -0.05) is 77.6 Å². The molecule has 0 rings (SSSR count). The van der Waals surface area contributed by atoms with Crippen molar-refractivity contribution >= 4 is 5.97 Å². The highest BCUT2D eigenvalue weighted by Crippen LogP contribution is 2.13. The molecule has 0 aromatic rings. The number of ether oxygens (including phenoxy) is 1. The van der Waals surface area contributed by atoms with Crippen LogP contribution in [0, 0.1) is 0 Å². The Morgan fingerprint density at radius 3 is 1.71 bits per heavy atom. The zero-order valence-corrected chi connectivity index (χ0v) is 13.9. The molecule has 0 fully saturated rings. The first kappa shape index (κ1) is 20.4. The van der Waals surface area contributed by atoms with Crippen LogP contribution in [0.4, 0.5) is 0 Å². The van der Waals surface area contributed by atoms with Crippen LogP contribution in [0.3, 0.4) is 0 Å². The Hall–Kier alpha value is -0.610. The minimum absolute atomic E-state index is 0.452. The molecule has 0 aliphatic carbocycles. The van der Waals surface area contributed by atoms with E-state index in [0.717, 1.165) is 19.3 Å². The maximum atomic E-state index is 11.0. The highest BCUT2D eigenvalue weighted by molar-refractivity contribution is 5.74. The first-order valence-corrected chi connectivity index (χ1v) is 8.57. The van der Waals surface area contributed by atoms with Gasteiger partial charge in [0.1, 0.15) is 0 Å². The molecular weight excluding hydrogens is 268 g/mol. The van der Waals surface area contributed by atoms with Crippen molar-refractivity contribution in [2.75, 3.05) is 7.11 Å². The third-order valence-corrected chi connectivity index (χ3v) is 3.91. The van der Waals surface area contributed by atoms with Crippen LogP contribution in [0.25, 0.3) is 0 Å². The largest absolute Gasteiger partial charge is 0.467 e. The lowest BCUT2D eigenvalue weighted by molar-refractivity contribution is -0.156. The highest BCUT2D eigenvalue weighted by Gasteiger charge is 2.24. The number of esters is 1. The molecule has 126 valence electrons. The Kier molecular flexibility index (Phi) is 13.9. The molecule has 0 amide bonds. The fraction of sp³-hybridized carbons (Fsp3) is 0.941. The average Bonchev–Trinajstić information content (AvgIpc) is 2.50. The molecule has 0 saturated heterocycles. The van der Waals surface area contributed by atoms with Crippen molar-refractivity contribution in [3.05, 3.63) is 0 Å². The molecule has 2 atom stereocenters. The average molecular weight is 302 g/mol. The second-order valence-corrected chi connectivity index (χ2v) is 5.86. The Morgan fingerprint density at radius 2 is 1.29 bits per heavy atom. The van der Waals surface area contributed by atoms with Crippen molar-refractivity contribution < 1.29 is 19.7 Å². The van der Waals surface area contributed by atoms with Gasteiger partial charge in [-0.25, -0.2) is 4.79 Å². The lowest BCUT2D eigenvalue weighted by atomic mass is 10.0. The van der Waals surface area contributed by atoms with Gasteiger partial charge < -0.3 is 14.9 Å². The Labute approximate surface area is 129 Å². The third-order valence-electron chi connectivity index (χ3n) is 3.91. The van der Waals surface area contributed by atoms with E-state index in [4.69, 9.17) is 0 Å². The van der Waals surface area contributed by atoms with E-state index in [1.165, 1.54) is 58.5 Å². The summed E-state index contributed by atoms with van der Waals surface area (Å²) < 4.78 is 4.39. The topological polar surface area (TPSA) is 66.8 Å². The monoisotopic (exact) mass is 302 g/mol. The van der Waals surface area contributed by atoms with E-state index < -0.39 is 18.2 Å². The molecule has 0 bridgehead atoms. The molecule has 0 aromatic carbocycles. The van der Waals surface area contributed by atoms with Crippen LogP contribution >= 0.6 is 0 Å². The van der Waals surface area contributed by atoms with Gasteiger partial charge in [-0.15, -0.1) is 0 Å². The van der Waals surface area contributed by atoms with Crippen molar-refractivity contribution in [1.82, 2.24) is 0 Å². The molecule has 0 aliphatic rings. The van der Waals surface area contributed by atoms with Crippen LogP contribution in [0.2, 0.25) is 0 Å². The lowest BCUT2D eigenvalue weighted by Crippen LogP contribution is -2.34. The number of aliphatic hydroxyl groups is 2. The highest BCUT2D eigenvalue weighted by atomic mass is 16.5. The van der Waals surface area contributed by atoms with E-state index in [2.05, 4.69) is 11.7 Å². The summed E-state index contributed by atoms with van der Waals surface area (Å²) in [4.78, 5) is 11.0. The minimum Gasteiger partial charge on any atom is -0.467 e. The van der Waals surface area contributed by atoms with Gasteiger partial charge in [0.2, 0.25) is 0 Å². The molecule has 0 aromatic heterocycles. The van der Waals surface area contributed by atoms with E-state index in [-0.39, 0.29) is 0 Å². The molecule has 2 N–H and O–H groups in total. The molecule has 4 nitrogen and oxygen atoms in total. The van der Waals surface area contributed by atoms with E-state index in [1.807, 2.05) is 0 Å². The molecule has 0 unspecified atom stereocenters. The van der Waals surface area contributed by atoms with E-state index >= 15 is 0 Å². The van der Waals surface area contributed by atoms with Crippen LogP contribution in [0.5, 0.6) is 0 Å². The summed E-state index contributed by atoms with van der Waals surface area (Å²) in [6.45, 7) is 2.24. The second-order valence-electron chi connectivity index (χ2n) is 5.86. The lowest BCUT2D eigenvalue weighted by Gasteiger charge is -2.15. The predicted octanol–water partition coefficient (Wildman–Crippen LogP) is 3.58. The summed E-state index contributed by atoms with van der Waals surface area (Å²) in [5.41, 5.74) is 0. The maximum Gasteiger partial charge on any atom is 0.337 e. The fourth-order valence-electron chi connectivity index (χ4n) is 2.45. The standard InChI is InChI=1S/C17H34O4/c1-3-4-5-6-7-8-9-10-11-12-13-14-15(18)16(19)17(20)21-2/h15-16,18-19H,3-14H2,1-2H3/t15-,16+/m0/s1. The van der Waals surface area contributed by atoms with Gasteiger partial charge in [0.05, 0.1) is 13.2 Å². The number of rotatable bonds is 14. The second kappa shape index (κ2) is 14.3. The van der Waals surface area contributed by atoms with E-state index in [0.29, 0.717) is 6.42 Å². The SMILES string of the molecule is CCCCCCCCCCCCC[C@H](O)[C@@H](O)C(=O)OC. The van der Waals surface area contributed by atoms with Crippen LogP contribution in [0.15, 0.2) is 0 Å². The van der Waals surface area contributed by atoms with Crippen molar-refractivity contribution in [1.29, 1.82) is 0 Å². The maximum absolute atomic E-state index is 11.0. The summed E-state index contributed by atoms with van der Waals surface area (Å²) in [5.74, 6) is -0.759. The summed E-state index contributed by atoms with van der Waals surface area (Å²) in [5, 5.41) is 19.0. The van der Waals surface area contributed by atoms with Gasteiger partial charge >= 0.3 is 5.97 Å². The van der Waals surface area contributed by atoms with Crippen LogP contribution in [-0.4, -0.2) is 35.5 Å². The van der Waals surface area contributed by atoms with Crippen LogP contribution in [-0.2, 0) is 9.53 Å². The summed E-state index contributed by atoms with van der Waals surface area (Å²) >= 11 is 0. The number of methoxy groups -OCH3 is 1. The number of aliphatic hydroxyl groups excluding tert-OH is 2. The zero-order chi connectivity index (χ0) is 15.9. The number of hydrogen-bond acceptors (Lipinski definition) is 4. The van der Waals surface area contributed by atoms with Crippen LogP contribution in [0.1, 0.15) is 84.0 Å². The fourth-order valence-corrected chi connectivity index (χ4v) is 2.45. The molecule has 0 spiro atoms. The summed E-state index contributed by atoms with van der Waals surface area (Å²) in [6.07, 6.45) is 11.7. The molecule has 0 aliphatic heterocycles. The quantitative estimate of drug-likeness (QED) is 0.380. The smallest absolute Gasteiger partial charge is 0.337 e. The van der Waals surface area contributed by atoms with Gasteiger partial charge in [0.25, 0.3) is 0 Å². The molecular formula is C17H34O4.